The molecule has 12 heavy (non-hydrogen) atoms. The van der Waals surface area contributed by atoms with Crippen molar-refractivity contribution >= 4 is 21.5 Å². The van der Waals surface area contributed by atoms with Crippen molar-refractivity contribution in [1.29, 1.82) is 0 Å². The molecule has 0 aromatic carbocycles. The molecule has 1 atom stereocenters. The van der Waals surface area contributed by atoms with Crippen molar-refractivity contribution in [3.05, 3.63) is 0 Å². The molecule has 0 rings (SSSR count). The molecular formula is C7H18B2N2O. The minimum Gasteiger partial charge on any atom is -0.362 e. The zero-order chi connectivity index (χ0) is 9.40. The second-order valence-corrected chi connectivity index (χ2v) is 3.05. The normalized spacial score (nSPS) is 12.8. The fourth-order valence-corrected chi connectivity index (χ4v) is 1.20. The van der Waals surface area contributed by atoms with Gasteiger partial charge in [0.15, 0.2) is 15.8 Å². The predicted molar refractivity (Wildman–Crippen MR) is 56.8 cm³/mol. The zero-order valence-corrected chi connectivity index (χ0v) is 8.31. The number of hydrogen-bond acceptors (Lipinski definition) is 3. The summed E-state index contributed by atoms with van der Waals surface area (Å²) < 4.78 is 0. The molecule has 0 spiro atoms. The smallest absolute Gasteiger partial charge is 0.189 e. The Morgan fingerprint density at radius 3 is 2.58 bits per heavy atom. The Hall–Kier alpha value is -0.280. The van der Waals surface area contributed by atoms with Gasteiger partial charge >= 0.3 is 0 Å². The molecule has 2 N–H and O–H groups in total. The van der Waals surface area contributed by atoms with Crippen LogP contribution in [0.25, 0.3) is 0 Å². The van der Waals surface area contributed by atoms with E-state index in [0.717, 1.165) is 25.8 Å². The van der Waals surface area contributed by atoms with Crippen molar-refractivity contribution in [2.45, 2.75) is 25.3 Å². The van der Waals surface area contributed by atoms with Gasteiger partial charge in [0.2, 0.25) is 0 Å². The van der Waals surface area contributed by atoms with Gasteiger partial charge in [-0.05, 0) is 26.4 Å². The molecule has 0 amide bonds. The monoisotopic (exact) mass is 168 g/mol. The van der Waals surface area contributed by atoms with Gasteiger partial charge in [0.05, 0.1) is 11.7 Å². The molecule has 3 nitrogen and oxygen atoms in total. The molecule has 0 unspecified atom stereocenters. The van der Waals surface area contributed by atoms with E-state index >= 15 is 0 Å². The lowest BCUT2D eigenvalue weighted by Gasteiger charge is -2.12. The molecule has 0 heterocycles. The van der Waals surface area contributed by atoms with Crippen LogP contribution in [0.5, 0.6) is 0 Å². The van der Waals surface area contributed by atoms with Crippen LogP contribution in [0.15, 0.2) is 0 Å². The lowest BCUT2D eigenvalue weighted by molar-refractivity contribution is -0.113. The molecule has 0 aliphatic carbocycles. The Morgan fingerprint density at radius 1 is 1.50 bits per heavy atom. The van der Waals surface area contributed by atoms with Gasteiger partial charge in [-0.1, -0.05) is 6.42 Å². The average molecular weight is 168 g/mol. The highest BCUT2D eigenvalue weighted by Gasteiger charge is 2.09. The Balaban J connectivity index is 3.38. The van der Waals surface area contributed by atoms with Crippen molar-refractivity contribution in [2.75, 3.05) is 13.6 Å². The fraction of sp³-hybridized carbons (Fsp3) is 0.857. The first-order chi connectivity index (χ1) is 5.72. The van der Waals surface area contributed by atoms with Crippen molar-refractivity contribution in [2.24, 2.45) is 0 Å². The minimum absolute atomic E-state index is 0.0573. The standard InChI is InChI=1S/C7H18B2N2O/c1-10-6(7(8)12)4-2-3-5-11-9/h6,10-11H,2-5,8-9H2,1H3/t6-/m0/s1. The lowest BCUT2D eigenvalue weighted by atomic mass is 9.91. The summed E-state index contributed by atoms with van der Waals surface area (Å²) in [6.07, 6.45) is 3.20. The van der Waals surface area contributed by atoms with Crippen LogP contribution in [0.2, 0.25) is 0 Å². The molecule has 0 aliphatic heterocycles. The van der Waals surface area contributed by atoms with Crippen LogP contribution >= 0.6 is 0 Å². The molecule has 0 bridgehead atoms. The van der Waals surface area contributed by atoms with Crippen LogP contribution in [-0.2, 0) is 4.79 Å². The second-order valence-electron chi connectivity index (χ2n) is 3.05. The Morgan fingerprint density at radius 2 is 2.17 bits per heavy atom. The summed E-state index contributed by atoms with van der Waals surface area (Å²) in [7, 11) is 5.42. The van der Waals surface area contributed by atoms with Crippen LogP contribution in [0.1, 0.15) is 19.3 Å². The first-order valence-corrected chi connectivity index (χ1v) is 4.54. The first kappa shape index (κ1) is 11.7. The molecule has 5 heteroatoms. The highest BCUT2D eigenvalue weighted by Crippen LogP contribution is 1.99. The second kappa shape index (κ2) is 7.37. The highest BCUT2D eigenvalue weighted by molar-refractivity contribution is 6.59. The maximum absolute atomic E-state index is 11.0. The number of unbranched alkanes of at least 4 members (excludes halogenated alkanes) is 1. The molecule has 0 aliphatic rings. The highest BCUT2D eigenvalue weighted by atomic mass is 16.1. The van der Waals surface area contributed by atoms with Gasteiger partial charge in [0.1, 0.15) is 0 Å². The van der Waals surface area contributed by atoms with Gasteiger partial charge in [0.25, 0.3) is 0 Å². The van der Waals surface area contributed by atoms with Gasteiger partial charge in [0, 0.05) is 0 Å². The summed E-state index contributed by atoms with van der Waals surface area (Å²) in [4.78, 5) is 11.0. The minimum atomic E-state index is 0.0573. The van der Waals surface area contributed by atoms with Crippen LogP contribution in [0.3, 0.4) is 0 Å². The maximum atomic E-state index is 11.0. The molecular weight excluding hydrogens is 150 g/mol. The van der Waals surface area contributed by atoms with Gasteiger partial charge < -0.3 is 15.3 Å². The zero-order valence-electron chi connectivity index (χ0n) is 8.31. The molecule has 68 valence electrons. The van der Waals surface area contributed by atoms with E-state index in [4.69, 9.17) is 0 Å². The number of rotatable bonds is 7. The molecule has 0 aromatic rings. The fourth-order valence-electron chi connectivity index (χ4n) is 1.20. The molecule has 0 saturated heterocycles. The van der Waals surface area contributed by atoms with Gasteiger partial charge in [-0.3, -0.25) is 0 Å². The third kappa shape index (κ3) is 5.38. The van der Waals surface area contributed by atoms with Crippen LogP contribution in [-0.4, -0.2) is 41.1 Å². The molecule has 0 aromatic heterocycles. The van der Waals surface area contributed by atoms with E-state index in [0.29, 0.717) is 0 Å². The summed E-state index contributed by atoms with van der Waals surface area (Å²) in [5.74, 6) is 0. The van der Waals surface area contributed by atoms with Crippen LogP contribution in [0, 0.1) is 0 Å². The summed E-state index contributed by atoms with van der Waals surface area (Å²) >= 11 is 0. The summed E-state index contributed by atoms with van der Waals surface area (Å²) in [6.45, 7) is 1.04. The average Bonchev–Trinajstić information content (AvgIpc) is 2.04. The Labute approximate surface area is 76.5 Å². The molecule has 0 saturated carbocycles. The summed E-state index contributed by atoms with van der Waals surface area (Å²) in [6, 6.07) is 0.0573. The summed E-state index contributed by atoms with van der Waals surface area (Å²) in [5.41, 5.74) is 0.238. The van der Waals surface area contributed by atoms with Gasteiger partial charge in [-0.15, -0.1) is 0 Å². The third-order valence-corrected chi connectivity index (χ3v) is 2.01. The van der Waals surface area contributed by atoms with E-state index in [1.807, 2.05) is 15.0 Å². The van der Waals surface area contributed by atoms with Crippen molar-refractivity contribution in [3.63, 3.8) is 0 Å². The number of nitrogens with one attached hydrogen (secondary N) is 2. The van der Waals surface area contributed by atoms with E-state index in [1.54, 1.807) is 7.85 Å². The van der Waals surface area contributed by atoms with E-state index in [1.165, 1.54) is 0 Å². The number of carbonyl (C=O) groups excluding carboxylic acids is 1. The topological polar surface area (TPSA) is 41.1 Å². The number of likely N-dealkylation sites (N-methyl/N-ethyl adjacent to an activating group) is 1. The maximum Gasteiger partial charge on any atom is 0.189 e. The van der Waals surface area contributed by atoms with Crippen LogP contribution in [0.4, 0.5) is 0 Å². The van der Waals surface area contributed by atoms with Gasteiger partial charge in [-0.25, -0.2) is 0 Å². The van der Waals surface area contributed by atoms with Gasteiger partial charge in [-0.2, -0.15) is 0 Å². The molecule has 0 fully saturated rings. The first-order valence-electron chi connectivity index (χ1n) is 4.54. The Bertz CT molecular complexity index is 133. The summed E-state index contributed by atoms with van der Waals surface area (Å²) in [5, 5.41) is 6.09. The van der Waals surface area contributed by atoms with Crippen LogP contribution < -0.4 is 10.5 Å². The Kier molecular flexibility index (Phi) is 7.20. The largest absolute Gasteiger partial charge is 0.362 e. The quantitative estimate of drug-likeness (QED) is 0.342. The predicted octanol–water partition coefficient (Wildman–Crippen LogP) is -1.96. The lowest BCUT2D eigenvalue weighted by Crippen LogP contribution is -2.34. The van der Waals surface area contributed by atoms with Crippen molar-refractivity contribution < 1.29 is 4.79 Å². The van der Waals surface area contributed by atoms with E-state index < -0.39 is 0 Å². The van der Waals surface area contributed by atoms with E-state index in [2.05, 4.69) is 10.5 Å². The van der Waals surface area contributed by atoms with Crippen molar-refractivity contribution in [3.8, 4) is 0 Å². The van der Waals surface area contributed by atoms with Crippen molar-refractivity contribution in [1.82, 2.24) is 10.5 Å². The van der Waals surface area contributed by atoms with E-state index in [9.17, 15) is 4.79 Å². The SMILES string of the molecule is BNCCCC[C@H](NC)C(B)=O. The third-order valence-electron chi connectivity index (χ3n) is 2.01. The van der Waals surface area contributed by atoms with E-state index in [-0.39, 0.29) is 11.7 Å². The molecule has 0 radical (unpaired) electrons. The number of hydrogen-bond donors (Lipinski definition) is 2. The number of carbonyl (C=O) groups is 1.